The Balaban J connectivity index is 1.96. The minimum absolute atomic E-state index is 0.123. The van der Waals surface area contributed by atoms with Gasteiger partial charge in [-0.15, -0.1) is 0 Å². The molecule has 0 radical (unpaired) electrons. The van der Waals surface area contributed by atoms with Crippen molar-refractivity contribution in [1.82, 2.24) is 0 Å². The van der Waals surface area contributed by atoms with E-state index in [1.807, 2.05) is 37.4 Å². The maximum Gasteiger partial charge on any atom is 0.229 e. The number of para-hydroxylation sites is 1. The van der Waals surface area contributed by atoms with E-state index >= 15 is 0 Å². The predicted octanol–water partition coefficient (Wildman–Crippen LogP) is 2.45. The standard InChI is InChI=1S/C15H21NO2/c1-16(14-5-3-2-4-6-14)15(18)13-9-7-12(11-17)8-10-13/h2-6,12-13,17H,7-11H2,1H3. The number of carbonyl (C=O) groups excluding carboxylic acids is 1. The van der Waals surface area contributed by atoms with E-state index in [0.29, 0.717) is 5.92 Å². The SMILES string of the molecule is CN(C(=O)C1CCC(CO)CC1)c1ccccc1. The lowest BCUT2D eigenvalue weighted by molar-refractivity contribution is -0.123. The van der Waals surface area contributed by atoms with Gasteiger partial charge in [-0.1, -0.05) is 18.2 Å². The van der Waals surface area contributed by atoms with Gasteiger partial charge in [0, 0.05) is 25.3 Å². The van der Waals surface area contributed by atoms with Crippen molar-refractivity contribution in [2.75, 3.05) is 18.6 Å². The molecule has 2 rings (SSSR count). The number of aliphatic hydroxyl groups excluding tert-OH is 1. The molecule has 0 aliphatic heterocycles. The Bertz CT molecular complexity index is 383. The molecule has 0 saturated heterocycles. The van der Waals surface area contributed by atoms with E-state index in [1.165, 1.54) is 0 Å². The topological polar surface area (TPSA) is 40.5 Å². The first-order valence-corrected chi connectivity index (χ1v) is 6.66. The molecule has 18 heavy (non-hydrogen) atoms. The van der Waals surface area contributed by atoms with E-state index in [-0.39, 0.29) is 18.4 Å². The van der Waals surface area contributed by atoms with Gasteiger partial charge in [-0.05, 0) is 43.7 Å². The first kappa shape index (κ1) is 13.1. The molecule has 0 heterocycles. The van der Waals surface area contributed by atoms with Crippen molar-refractivity contribution < 1.29 is 9.90 Å². The largest absolute Gasteiger partial charge is 0.396 e. The zero-order valence-corrected chi connectivity index (χ0v) is 10.9. The highest BCUT2D eigenvalue weighted by molar-refractivity contribution is 5.94. The Hall–Kier alpha value is -1.35. The number of amides is 1. The van der Waals surface area contributed by atoms with Crippen molar-refractivity contribution in [3.63, 3.8) is 0 Å². The van der Waals surface area contributed by atoms with E-state index in [1.54, 1.807) is 4.90 Å². The van der Waals surface area contributed by atoms with Crippen LogP contribution in [0.5, 0.6) is 0 Å². The highest BCUT2D eigenvalue weighted by Crippen LogP contribution is 2.30. The van der Waals surface area contributed by atoms with Gasteiger partial charge in [0.2, 0.25) is 5.91 Å². The molecule has 98 valence electrons. The van der Waals surface area contributed by atoms with E-state index in [0.717, 1.165) is 31.4 Å². The van der Waals surface area contributed by atoms with Crippen molar-refractivity contribution in [2.45, 2.75) is 25.7 Å². The summed E-state index contributed by atoms with van der Waals surface area (Å²) in [4.78, 5) is 14.1. The number of aliphatic hydroxyl groups is 1. The molecule has 0 bridgehead atoms. The molecular formula is C15H21NO2. The van der Waals surface area contributed by atoms with Crippen LogP contribution < -0.4 is 4.90 Å². The van der Waals surface area contributed by atoms with Gasteiger partial charge >= 0.3 is 0 Å². The van der Waals surface area contributed by atoms with Crippen LogP contribution in [0.4, 0.5) is 5.69 Å². The maximum atomic E-state index is 12.4. The molecule has 1 aromatic carbocycles. The van der Waals surface area contributed by atoms with Gasteiger partial charge < -0.3 is 10.0 Å². The molecular weight excluding hydrogens is 226 g/mol. The maximum absolute atomic E-state index is 12.4. The molecule has 0 unspecified atom stereocenters. The lowest BCUT2D eigenvalue weighted by Crippen LogP contribution is -2.35. The van der Waals surface area contributed by atoms with Crippen LogP contribution in [0.2, 0.25) is 0 Å². The number of hydrogen-bond donors (Lipinski definition) is 1. The van der Waals surface area contributed by atoms with Gasteiger partial charge in [-0.25, -0.2) is 0 Å². The van der Waals surface area contributed by atoms with Crippen LogP contribution in [-0.2, 0) is 4.79 Å². The van der Waals surface area contributed by atoms with E-state index in [4.69, 9.17) is 5.11 Å². The van der Waals surface area contributed by atoms with Gasteiger partial charge in [0.15, 0.2) is 0 Å². The minimum atomic E-state index is 0.123. The van der Waals surface area contributed by atoms with Gasteiger partial charge in [0.25, 0.3) is 0 Å². The predicted molar refractivity (Wildman–Crippen MR) is 72.4 cm³/mol. The van der Waals surface area contributed by atoms with Gasteiger partial charge in [0.1, 0.15) is 0 Å². The molecule has 1 aliphatic rings. The monoisotopic (exact) mass is 247 g/mol. The third kappa shape index (κ3) is 2.91. The molecule has 1 saturated carbocycles. The summed E-state index contributed by atoms with van der Waals surface area (Å²) in [5.41, 5.74) is 0.951. The molecule has 1 aromatic rings. The molecule has 0 atom stereocenters. The molecule has 0 aromatic heterocycles. The quantitative estimate of drug-likeness (QED) is 0.891. The number of anilines is 1. The number of carbonyl (C=O) groups is 1. The lowest BCUT2D eigenvalue weighted by atomic mass is 9.82. The molecule has 1 aliphatic carbocycles. The normalized spacial score (nSPS) is 23.7. The molecule has 3 heteroatoms. The second-order valence-electron chi connectivity index (χ2n) is 5.13. The summed E-state index contributed by atoms with van der Waals surface area (Å²) in [5.74, 6) is 0.728. The fraction of sp³-hybridized carbons (Fsp3) is 0.533. The fourth-order valence-electron chi connectivity index (χ4n) is 2.64. The van der Waals surface area contributed by atoms with Crippen LogP contribution >= 0.6 is 0 Å². The van der Waals surface area contributed by atoms with Crippen LogP contribution in [0.3, 0.4) is 0 Å². The van der Waals surface area contributed by atoms with Crippen molar-refractivity contribution >= 4 is 11.6 Å². The zero-order valence-electron chi connectivity index (χ0n) is 10.9. The first-order valence-electron chi connectivity index (χ1n) is 6.66. The number of rotatable bonds is 3. The molecule has 3 nitrogen and oxygen atoms in total. The smallest absolute Gasteiger partial charge is 0.229 e. The third-order valence-corrected chi connectivity index (χ3v) is 3.93. The van der Waals surface area contributed by atoms with E-state index in [2.05, 4.69) is 0 Å². The van der Waals surface area contributed by atoms with Crippen LogP contribution in [0.25, 0.3) is 0 Å². The Morgan fingerprint density at radius 2 is 1.83 bits per heavy atom. The minimum Gasteiger partial charge on any atom is -0.396 e. The number of nitrogens with zero attached hydrogens (tertiary/aromatic N) is 1. The highest BCUT2D eigenvalue weighted by Gasteiger charge is 2.28. The van der Waals surface area contributed by atoms with Crippen molar-refractivity contribution in [2.24, 2.45) is 11.8 Å². The summed E-state index contributed by atoms with van der Waals surface area (Å²) < 4.78 is 0. The van der Waals surface area contributed by atoms with E-state index < -0.39 is 0 Å². The van der Waals surface area contributed by atoms with E-state index in [9.17, 15) is 4.79 Å². The van der Waals surface area contributed by atoms with Crippen LogP contribution in [-0.4, -0.2) is 24.7 Å². The number of benzene rings is 1. The summed E-state index contributed by atoms with van der Waals surface area (Å²) in [5, 5.41) is 9.11. The van der Waals surface area contributed by atoms with Gasteiger partial charge in [-0.2, -0.15) is 0 Å². The van der Waals surface area contributed by atoms with Gasteiger partial charge in [0.05, 0.1) is 0 Å². The summed E-state index contributed by atoms with van der Waals surface area (Å²) in [6, 6.07) is 9.76. The Labute approximate surface area is 108 Å². The fourth-order valence-corrected chi connectivity index (χ4v) is 2.64. The Morgan fingerprint density at radius 1 is 1.22 bits per heavy atom. The Kier molecular flexibility index (Phi) is 4.37. The van der Waals surface area contributed by atoms with Crippen molar-refractivity contribution in [3.05, 3.63) is 30.3 Å². The lowest BCUT2D eigenvalue weighted by Gasteiger charge is -2.29. The Morgan fingerprint density at radius 3 is 2.39 bits per heavy atom. The van der Waals surface area contributed by atoms with Gasteiger partial charge in [-0.3, -0.25) is 4.79 Å². The van der Waals surface area contributed by atoms with Crippen LogP contribution in [0.1, 0.15) is 25.7 Å². The third-order valence-electron chi connectivity index (χ3n) is 3.93. The second kappa shape index (κ2) is 6.01. The van der Waals surface area contributed by atoms with Crippen molar-refractivity contribution in [1.29, 1.82) is 0 Å². The summed E-state index contributed by atoms with van der Waals surface area (Å²) >= 11 is 0. The average molecular weight is 247 g/mol. The first-order chi connectivity index (χ1) is 8.72. The molecule has 0 spiro atoms. The summed E-state index contributed by atoms with van der Waals surface area (Å²) in [7, 11) is 1.84. The second-order valence-corrected chi connectivity index (χ2v) is 5.13. The highest BCUT2D eigenvalue weighted by atomic mass is 16.3. The molecule has 1 fully saturated rings. The average Bonchev–Trinajstić information content (AvgIpc) is 2.47. The summed E-state index contributed by atoms with van der Waals surface area (Å²) in [6.45, 7) is 0.259. The molecule has 1 N–H and O–H groups in total. The number of hydrogen-bond acceptors (Lipinski definition) is 2. The molecule has 1 amide bonds. The van der Waals surface area contributed by atoms with Crippen LogP contribution in [0.15, 0.2) is 30.3 Å². The zero-order chi connectivity index (χ0) is 13.0. The van der Waals surface area contributed by atoms with Crippen molar-refractivity contribution in [3.8, 4) is 0 Å². The summed E-state index contributed by atoms with van der Waals surface area (Å²) in [6.07, 6.45) is 3.74. The van der Waals surface area contributed by atoms with Crippen LogP contribution in [0, 0.1) is 11.8 Å².